The van der Waals surface area contributed by atoms with Crippen molar-refractivity contribution in [2.75, 3.05) is 36.4 Å². The number of benzene rings is 2. The Morgan fingerprint density at radius 1 is 1.00 bits per heavy atom. The number of nitro benzene ring substituents is 1. The second-order valence-electron chi connectivity index (χ2n) is 7.75. The molecular weight excluding hydrogens is 469 g/mol. The van der Waals surface area contributed by atoms with E-state index in [1.165, 1.54) is 12.3 Å². The zero-order valence-electron chi connectivity index (χ0n) is 18.1. The molecule has 0 atom stereocenters. The van der Waals surface area contributed by atoms with Crippen molar-refractivity contribution in [2.45, 2.75) is 6.18 Å². The van der Waals surface area contributed by atoms with E-state index < -0.39 is 28.3 Å². The molecule has 3 aromatic rings. The highest BCUT2D eigenvalue weighted by atomic mass is 19.4. The normalized spacial score (nSPS) is 14.0. The van der Waals surface area contributed by atoms with E-state index in [2.05, 4.69) is 5.32 Å². The number of halogens is 3. The van der Waals surface area contributed by atoms with Gasteiger partial charge in [-0.2, -0.15) is 13.2 Å². The van der Waals surface area contributed by atoms with Gasteiger partial charge in [-0.1, -0.05) is 0 Å². The predicted octanol–water partition coefficient (Wildman–Crippen LogP) is 4.42. The lowest BCUT2D eigenvalue weighted by Crippen LogP contribution is -2.49. The molecule has 35 heavy (non-hydrogen) atoms. The molecule has 0 saturated carbocycles. The van der Waals surface area contributed by atoms with Crippen molar-refractivity contribution in [3.63, 3.8) is 0 Å². The van der Waals surface area contributed by atoms with Gasteiger partial charge in [-0.15, -0.1) is 0 Å². The van der Waals surface area contributed by atoms with Crippen LogP contribution >= 0.6 is 0 Å². The Balaban J connectivity index is 1.39. The van der Waals surface area contributed by atoms with Crippen LogP contribution in [0.5, 0.6) is 0 Å². The average molecular weight is 488 g/mol. The van der Waals surface area contributed by atoms with Crippen LogP contribution in [-0.4, -0.2) is 47.8 Å². The van der Waals surface area contributed by atoms with Crippen LogP contribution < -0.4 is 10.2 Å². The molecule has 1 aliphatic heterocycles. The highest BCUT2D eigenvalue weighted by molar-refractivity contribution is 6.02. The summed E-state index contributed by atoms with van der Waals surface area (Å²) in [5, 5.41) is 14.0. The maximum absolute atomic E-state index is 13.0. The van der Waals surface area contributed by atoms with Crippen LogP contribution in [0, 0.1) is 10.1 Å². The fraction of sp³-hybridized carbons (Fsp3) is 0.217. The minimum absolute atomic E-state index is 0.0757. The quantitative estimate of drug-likeness (QED) is 0.421. The second-order valence-corrected chi connectivity index (χ2v) is 7.75. The van der Waals surface area contributed by atoms with E-state index in [-0.39, 0.29) is 43.5 Å². The molecule has 0 radical (unpaired) electrons. The molecule has 2 amide bonds. The number of anilines is 2. The third kappa shape index (κ3) is 5.26. The molecule has 0 unspecified atom stereocenters. The van der Waals surface area contributed by atoms with Gasteiger partial charge in [0.05, 0.1) is 16.7 Å². The molecule has 1 aromatic heterocycles. The Kier molecular flexibility index (Phi) is 6.45. The Bertz CT molecular complexity index is 1240. The number of nitro groups is 1. The smallest absolute Gasteiger partial charge is 0.416 e. The van der Waals surface area contributed by atoms with E-state index in [0.29, 0.717) is 17.3 Å². The van der Waals surface area contributed by atoms with Crippen molar-refractivity contribution < 1.29 is 32.1 Å². The molecule has 9 nitrogen and oxygen atoms in total. The predicted molar refractivity (Wildman–Crippen MR) is 119 cm³/mol. The number of hydrogen-bond donors (Lipinski definition) is 1. The SMILES string of the molecule is O=C(Nc1ccc(C(=O)N2CCN(c3ccc(C(F)(F)F)cc3[N+](=O)[O-])CC2)cc1)c1ccco1. The number of furan rings is 1. The summed E-state index contributed by atoms with van der Waals surface area (Å²) in [5.41, 5.74) is -0.790. The van der Waals surface area contributed by atoms with Crippen molar-refractivity contribution in [3.05, 3.63) is 87.9 Å². The van der Waals surface area contributed by atoms with Gasteiger partial charge in [0.25, 0.3) is 17.5 Å². The van der Waals surface area contributed by atoms with E-state index in [0.717, 1.165) is 12.1 Å². The van der Waals surface area contributed by atoms with E-state index in [9.17, 15) is 32.9 Å². The lowest BCUT2D eigenvalue weighted by atomic mass is 10.1. The van der Waals surface area contributed by atoms with E-state index >= 15 is 0 Å². The summed E-state index contributed by atoms with van der Waals surface area (Å²) in [6.07, 6.45) is -3.31. The van der Waals surface area contributed by atoms with Gasteiger partial charge in [-0.05, 0) is 48.5 Å². The number of piperazine rings is 1. The van der Waals surface area contributed by atoms with Crippen molar-refractivity contribution in [1.29, 1.82) is 0 Å². The van der Waals surface area contributed by atoms with Crippen molar-refractivity contribution in [1.82, 2.24) is 4.90 Å². The van der Waals surface area contributed by atoms with E-state index in [1.54, 1.807) is 40.1 Å². The molecule has 1 fully saturated rings. The molecule has 1 N–H and O–H groups in total. The van der Waals surface area contributed by atoms with Crippen LogP contribution in [0.25, 0.3) is 0 Å². The first kappa shape index (κ1) is 23.8. The standard InChI is InChI=1S/C23H19F3N4O5/c24-23(25,26)16-5-8-18(19(14-16)30(33)34)28-9-11-29(12-10-28)22(32)15-3-6-17(7-4-15)27-21(31)20-2-1-13-35-20/h1-8,13-14H,9-12H2,(H,27,31). The maximum atomic E-state index is 13.0. The van der Waals surface area contributed by atoms with Gasteiger partial charge in [0, 0.05) is 43.5 Å². The Hall–Kier alpha value is -4.35. The van der Waals surface area contributed by atoms with Gasteiger partial charge in [0.1, 0.15) is 5.69 Å². The van der Waals surface area contributed by atoms with Gasteiger partial charge < -0.3 is 19.5 Å². The summed E-state index contributed by atoms with van der Waals surface area (Å²) in [6.45, 7) is 0.895. The number of carbonyl (C=O) groups excluding carboxylic acids is 2. The van der Waals surface area contributed by atoms with Crippen LogP contribution in [0.15, 0.2) is 65.3 Å². The molecule has 2 heterocycles. The topological polar surface area (TPSA) is 109 Å². The zero-order valence-corrected chi connectivity index (χ0v) is 18.1. The summed E-state index contributed by atoms with van der Waals surface area (Å²) in [5.74, 6) is -0.547. The summed E-state index contributed by atoms with van der Waals surface area (Å²) in [4.78, 5) is 38.6. The van der Waals surface area contributed by atoms with E-state index in [4.69, 9.17) is 4.42 Å². The van der Waals surface area contributed by atoms with Crippen molar-refractivity contribution in [3.8, 4) is 0 Å². The molecule has 2 aromatic carbocycles. The van der Waals surface area contributed by atoms with Gasteiger partial charge in [-0.3, -0.25) is 19.7 Å². The largest absolute Gasteiger partial charge is 0.459 e. The van der Waals surface area contributed by atoms with Crippen molar-refractivity contribution >= 4 is 28.9 Å². The van der Waals surface area contributed by atoms with Crippen LogP contribution in [0.3, 0.4) is 0 Å². The summed E-state index contributed by atoms with van der Waals surface area (Å²) in [7, 11) is 0. The molecule has 1 aliphatic rings. The first-order chi connectivity index (χ1) is 16.6. The monoisotopic (exact) mass is 488 g/mol. The van der Waals surface area contributed by atoms with Gasteiger partial charge in [0.15, 0.2) is 5.76 Å². The number of alkyl halides is 3. The number of nitrogens with one attached hydrogen (secondary N) is 1. The van der Waals surface area contributed by atoms with E-state index in [1.807, 2.05) is 0 Å². The lowest BCUT2D eigenvalue weighted by molar-refractivity contribution is -0.384. The molecule has 1 saturated heterocycles. The average Bonchev–Trinajstić information content (AvgIpc) is 3.38. The molecule has 182 valence electrons. The molecular formula is C23H19F3N4O5. The first-order valence-corrected chi connectivity index (χ1v) is 10.5. The van der Waals surface area contributed by atoms with Crippen LogP contribution in [0.4, 0.5) is 30.2 Å². The Labute approximate surface area is 196 Å². The lowest BCUT2D eigenvalue weighted by Gasteiger charge is -2.36. The van der Waals surface area contributed by atoms with Crippen LogP contribution in [0.2, 0.25) is 0 Å². The number of rotatable bonds is 5. The highest BCUT2D eigenvalue weighted by Gasteiger charge is 2.34. The van der Waals surface area contributed by atoms with Crippen molar-refractivity contribution in [2.24, 2.45) is 0 Å². The highest BCUT2D eigenvalue weighted by Crippen LogP contribution is 2.36. The summed E-state index contributed by atoms with van der Waals surface area (Å²) < 4.78 is 43.9. The summed E-state index contributed by atoms with van der Waals surface area (Å²) in [6, 6.07) is 11.8. The number of carbonyl (C=O) groups is 2. The molecule has 12 heteroatoms. The Morgan fingerprint density at radius 3 is 2.26 bits per heavy atom. The van der Waals surface area contributed by atoms with Gasteiger partial charge in [-0.25, -0.2) is 0 Å². The number of nitrogens with zero attached hydrogens (tertiary/aromatic N) is 3. The minimum atomic E-state index is -4.69. The molecule has 0 bridgehead atoms. The second kappa shape index (κ2) is 9.49. The number of amides is 2. The van der Waals surface area contributed by atoms with Gasteiger partial charge >= 0.3 is 6.18 Å². The molecule has 0 aliphatic carbocycles. The zero-order chi connectivity index (χ0) is 25.2. The third-order valence-electron chi connectivity index (χ3n) is 5.54. The third-order valence-corrected chi connectivity index (χ3v) is 5.54. The first-order valence-electron chi connectivity index (χ1n) is 10.5. The maximum Gasteiger partial charge on any atom is 0.416 e. The number of hydrogen-bond acceptors (Lipinski definition) is 6. The summed E-state index contributed by atoms with van der Waals surface area (Å²) >= 11 is 0. The molecule has 0 spiro atoms. The minimum Gasteiger partial charge on any atom is -0.459 e. The van der Waals surface area contributed by atoms with Crippen LogP contribution in [-0.2, 0) is 6.18 Å². The van der Waals surface area contributed by atoms with Crippen LogP contribution in [0.1, 0.15) is 26.5 Å². The molecule has 4 rings (SSSR count). The fourth-order valence-electron chi connectivity index (χ4n) is 3.74. The van der Waals surface area contributed by atoms with Gasteiger partial charge in [0.2, 0.25) is 0 Å². The Morgan fingerprint density at radius 2 is 1.69 bits per heavy atom. The fourth-order valence-corrected chi connectivity index (χ4v) is 3.74.